The van der Waals surface area contributed by atoms with E-state index < -0.39 is 30.3 Å². The molecule has 3 heterocycles. The number of hydrogen-bond donors (Lipinski definition) is 2. The first-order chi connectivity index (χ1) is 30.9. The third kappa shape index (κ3) is 11.4. The summed E-state index contributed by atoms with van der Waals surface area (Å²) < 4.78 is 9.96. The number of ketones is 2. The van der Waals surface area contributed by atoms with Crippen molar-refractivity contribution >= 4 is 35.2 Å². The van der Waals surface area contributed by atoms with Gasteiger partial charge in [0.2, 0.25) is 11.8 Å². The summed E-state index contributed by atoms with van der Waals surface area (Å²) in [6.45, 7) is 19.2. The van der Waals surface area contributed by atoms with Crippen LogP contribution in [0.1, 0.15) is 127 Å². The first-order valence-electron chi connectivity index (χ1n) is 23.5. The number of Topliss-reactive ketones (excluding diaryl/α,β-unsaturated/α-hetero) is 2. The van der Waals surface area contributed by atoms with E-state index in [0.29, 0.717) is 31.8 Å². The highest BCUT2D eigenvalue weighted by Gasteiger charge is 2.41. The van der Waals surface area contributed by atoms with Crippen molar-refractivity contribution in [1.29, 1.82) is 0 Å². The summed E-state index contributed by atoms with van der Waals surface area (Å²) in [4.78, 5) is 72.9. The molecule has 0 radical (unpaired) electrons. The van der Waals surface area contributed by atoms with E-state index in [1.807, 2.05) is 39.8 Å². The fraction of sp³-hybridized carbons (Fsp3) is 0.528. The third-order valence-corrected chi connectivity index (χ3v) is 13.6. The molecular formula is C53H71N5O7. The maximum absolute atomic E-state index is 13.8. The van der Waals surface area contributed by atoms with Crippen LogP contribution in [0.25, 0.3) is 0 Å². The number of carbonyl (C=O) groups excluding carboxylic acids is 5. The van der Waals surface area contributed by atoms with Crippen molar-refractivity contribution in [3.05, 3.63) is 113 Å². The Morgan fingerprint density at radius 1 is 0.631 bits per heavy atom. The van der Waals surface area contributed by atoms with Crippen molar-refractivity contribution in [2.24, 2.45) is 11.8 Å². The standard InChI is InChI=1S/C53H71N5O7/c1-33(2)48(54-35(5)64-9)50(61)56-29-11-13-44(56)46(59)31-36-15-19-38(20-16-36)42-27-28-43(58(42)41-25-23-40(24-26-41)53(6,7)8)39-21-17-37(18-22-39)32-47(60)45-14-12-30-57(45)51(62)49(34(3)4)55-52(63)65-10/h15-26,33-34,42-45,48-49,54H,5,11-14,27-32H2,1-4,6-10H3,(H,55,63)/t42-,43-,44-,45-,48-,49-/m0/s1. The molecule has 0 bridgehead atoms. The summed E-state index contributed by atoms with van der Waals surface area (Å²) in [5, 5.41) is 5.76. The largest absolute Gasteiger partial charge is 0.483 e. The van der Waals surface area contributed by atoms with Gasteiger partial charge < -0.3 is 34.8 Å². The number of rotatable bonds is 17. The highest BCUT2D eigenvalue weighted by molar-refractivity contribution is 5.94. The Bertz CT molecular complexity index is 2040. The molecule has 12 heteroatoms. The molecule has 2 N–H and O–H groups in total. The number of carbonyl (C=O) groups is 5. The Morgan fingerprint density at radius 3 is 1.45 bits per heavy atom. The zero-order valence-electron chi connectivity index (χ0n) is 40.0. The van der Waals surface area contributed by atoms with Gasteiger partial charge in [-0.25, -0.2) is 4.79 Å². The van der Waals surface area contributed by atoms with Crippen LogP contribution in [0.4, 0.5) is 10.5 Å². The summed E-state index contributed by atoms with van der Waals surface area (Å²) in [5.41, 5.74) is 6.55. The molecule has 12 nitrogen and oxygen atoms in total. The number of anilines is 1. The number of methoxy groups -OCH3 is 2. The predicted molar refractivity (Wildman–Crippen MR) is 254 cm³/mol. The Morgan fingerprint density at radius 2 is 1.06 bits per heavy atom. The van der Waals surface area contributed by atoms with Crippen LogP contribution in [-0.4, -0.2) is 90.8 Å². The van der Waals surface area contributed by atoms with E-state index in [-0.39, 0.29) is 65.6 Å². The molecule has 3 aliphatic rings. The maximum atomic E-state index is 13.8. The quantitative estimate of drug-likeness (QED) is 0.128. The van der Waals surface area contributed by atoms with Gasteiger partial charge in [-0.15, -0.1) is 0 Å². The van der Waals surface area contributed by atoms with Gasteiger partial charge in [-0.1, -0.05) is 109 Å². The Balaban J connectivity index is 1.17. The lowest BCUT2D eigenvalue weighted by Gasteiger charge is -2.34. The molecule has 3 aromatic carbocycles. The summed E-state index contributed by atoms with van der Waals surface area (Å²) in [7, 11) is 2.78. The zero-order valence-corrected chi connectivity index (χ0v) is 40.0. The number of nitrogens with zero attached hydrogens (tertiary/aromatic N) is 3. The van der Waals surface area contributed by atoms with Crippen LogP contribution in [0.3, 0.4) is 0 Å². The second-order valence-corrected chi connectivity index (χ2v) is 19.8. The van der Waals surface area contributed by atoms with Gasteiger partial charge >= 0.3 is 6.09 Å². The number of ether oxygens (including phenoxy) is 2. The number of alkyl carbamates (subject to hydrolysis) is 1. The number of nitrogens with one attached hydrogen (secondary N) is 2. The molecule has 65 heavy (non-hydrogen) atoms. The molecule has 3 fully saturated rings. The Labute approximate surface area is 386 Å². The normalized spacial score (nSPS) is 20.8. The van der Waals surface area contributed by atoms with Gasteiger partial charge in [-0.05, 0) is 102 Å². The van der Waals surface area contributed by atoms with Crippen LogP contribution in [0.2, 0.25) is 0 Å². The monoisotopic (exact) mass is 890 g/mol. The van der Waals surface area contributed by atoms with Gasteiger partial charge in [-0.3, -0.25) is 19.2 Å². The van der Waals surface area contributed by atoms with Crippen molar-refractivity contribution in [3.63, 3.8) is 0 Å². The van der Waals surface area contributed by atoms with Crippen molar-refractivity contribution in [2.75, 3.05) is 32.2 Å². The van der Waals surface area contributed by atoms with Gasteiger partial charge in [0.05, 0.1) is 38.4 Å². The van der Waals surface area contributed by atoms with Crippen molar-refractivity contribution in [2.45, 2.75) is 141 Å². The molecule has 6 rings (SSSR count). The summed E-state index contributed by atoms with van der Waals surface area (Å²) in [6.07, 6.45) is 4.40. The average molecular weight is 890 g/mol. The van der Waals surface area contributed by atoms with Crippen LogP contribution < -0.4 is 15.5 Å². The lowest BCUT2D eigenvalue weighted by atomic mass is 9.87. The SMILES string of the molecule is C=C(N[C@H](C(=O)N1CCC[C@H]1C(=O)Cc1ccc([C@@H]2CC[C@@H](c3ccc(CC(=O)[C@@H]4CCCN4C(=O)[C@@H](NC(=O)OC)C(C)C)cc3)N2c2ccc(C(C)(C)C)cc2)cc1)C(C)C)OC. The van der Waals surface area contributed by atoms with Gasteiger partial charge in [0, 0.05) is 31.6 Å². The van der Waals surface area contributed by atoms with E-state index in [4.69, 9.17) is 9.47 Å². The van der Waals surface area contributed by atoms with Crippen LogP contribution in [0.15, 0.2) is 85.3 Å². The maximum Gasteiger partial charge on any atom is 0.407 e. The molecule has 3 aromatic rings. The second kappa shape index (κ2) is 21.1. The van der Waals surface area contributed by atoms with E-state index in [1.54, 1.807) is 9.80 Å². The molecule has 3 aliphatic heterocycles. The summed E-state index contributed by atoms with van der Waals surface area (Å²) >= 11 is 0. The van der Waals surface area contributed by atoms with Gasteiger partial charge in [0.15, 0.2) is 17.4 Å². The third-order valence-electron chi connectivity index (χ3n) is 13.6. The van der Waals surface area contributed by atoms with E-state index in [9.17, 15) is 24.0 Å². The minimum Gasteiger partial charge on any atom is -0.483 e. The zero-order chi connectivity index (χ0) is 47.2. The van der Waals surface area contributed by atoms with Crippen LogP contribution in [0, 0.1) is 11.8 Å². The predicted octanol–water partition coefficient (Wildman–Crippen LogP) is 8.38. The van der Waals surface area contributed by atoms with Gasteiger partial charge in [0.25, 0.3) is 0 Å². The van der Waals surface area contributed by atoms with Crippen LogP contribution in [0.5, 0.6) is 0 Å². The number of benzene rings is 3. The summed E-state index contributed by atoms with van der Waals surface area (Å²) in [6, 6.07) is 23.5. The average Bonchev–Trinajstić information content (AvgIpc) is 4.08. The first-order valence-corrected chi connectivity index (χ1v) is 23.5. The topological polar surface area (TPSA) is 138 Å². The highest BCUT2D eigenvalue weighted by Crippen LogP contribution is 2.47. The lowest BCUT2D eigenvalue weighted by Crippen LogP contribution is -2.53. The molecule has 0 spiro atoms. The minimum absolute atomic E-state index is 0.00787. The van der Waals surface area contributed by atoms with E-state index in [2.05, 4.69) is 104 Å². The smallest absolute Gasteiger partial charge is 0.407 e. The van der Waals surface area contributed by atoms with E-state index >= 15 is 0 Å². The van der Waals surface area contributed by atoms with Crippen molar-refractivity contribution in [1.82, 2.24) is 20.4 Å². The molecule has 3 saturated heterocycles. The summed E-state index contributed by atoms with van der Waals surface area (Å²) in [5.74, 6) is -0.182. The lowest BCUT2D eigenvalue weighted by molar-refractivity contribution is -0.140. The molecule has 350 valence electrons. The Kier molecular flexibility index (Phi) is 15.8. The van der Waals surface area contributed by atoms with Gasteiger partial charge in [0.1, 0.15) is 12.1 Å². The molecule has 0 unspecified atom stereocenters. The highest BCUT2D eigenvalue weighted by atomic mass is 16.5. The Hall–Kier alpha value is -5.65. The number of likely N-dealkylation sites (tertiary alicyclic amines) is 2. The first kappa shape index (κ1) is 48.8. The fourth-order valence-corrected chi connectivity index (χ4v) is 9.85. The minimum atomic E-state index is -0.777. The molecule has 6 atom stereocenters. The van der Waals surface area contributed by atoms with Gasteiger partial charge in [-0.2, -0.15) is 0 Å². The van der Waals surface area contributed by atoms with Crippen molar-refractivity contribution < 1.29 is 33.4 Å². The number of hydrogen-bond acceptors (Lipinski definition) is 9. The van der Waals surface area contributed by atoms with E-state index in [0.717, 1.165) is 48.1 Å². The molecule has 0 saturated carbocycles. The number of amides is 3. The molecular weight excluding hydrogens is 819 g/mol. The second-order valence-electron chi connectivity index (χ2n) is 19.8. The van der Waals surface area contributed by atoms with Crippen LogP contribution >= 0.6 is 0 Å². The molecule has 3 amide bonds. The van der Waals surface area contributed by atoms with E-state index in [1.165, 1.54) is 25.3 Å². The molecule has 0 aromatic heterocycles. The fourth-order valence-electron chi connectivity index (χ4n) is 9.85. The van der Waals surface area contributed by atoms with Crippen LogP contribution in [-0.2, 0) is 46.9 Å². The molecule has 0 aliphatic carbocycles. The van der Waals surface area contributed by atoms with Crippen molar-refractivity contribution in [3.8, 4) is 0 Å².